The van der Waals surface area contributed by atoms with Gasteiger partial charge in [0.1, 0.15) is 4.90 Å². The summed E-state index contributed by atoms with van der Waals surface area (Å²) in [5.74, 6) is 0. The number of aromatic nitrogens is 2. The molecular weight excluding hydrogens is 264 g/mol. The summed E-state index contributed by atoms with van der Waals surface area (Å²) in [5, 5.41) is 10.0. The average molecular weight is 286 g/mol. The highest BCUT2D eigenvalue weighted by Gasteiger charge is 2.24. The quantitative estimate of drug-likeness (QED) is 0.765. The molecule has 7 heteroatoms. The van der Waals surface area contributed by atoms with E-state index in [1.54, 1.807) is 13.8 Å². The van der Waals surface area contributed by atoms with Crippen LogP contribution in [-0.4, -0.2) is 37.2 Å². The Balaban J connectivity index is 2.02. The van der Waals surface area contributed by atoms with Crippen LogP contribution in [-0.2, 0) is 10.0 Å². The van der Waals surface area contributed by atoms with Crippen molar-refractivity contribution in [2.45, 2.75) is 57.0 Å². The van der Waals surface area contributed by atoms with Gasteiger partial charge in [0, 0.05) is 18.6 Å². The van der Waals surface area contributed by atoms with Gasteiger partial charge in [0.2, 0.25) is 10.0 Å². The van der Waals surface area contributed by atoms with Gasteiger partial charge in [-0.3, -0.25) is 5.10 Å². The molecule has 2 rings (SSSR count). The highest BCUT2D eigenvalue weighted by atomic mass is 32.2. The lowest BCUT2D eigenvalue weighted by Gasteiger charge is -2.28. The smallest absolute Gasteiger partial charge is 0.244 e. The van der Waals surface area contributed by atoms with Gasteiger partial charge in [0.05, 0.1) is 11.4 Å². The van der Waals surface area contributed by atoms with E-state index in [4.69, 9.17) is 0 Å². The molecule has 3 N–H and O–H groups in total. The highest BCUT2D eigenvalue weighted by Crippen LogP contribution is 2.17. The largest absolute Gasteiger partial charge is 0.310 e. The maximum atomic E-state index is 12.3. The minimum absolute atomic E-state index is 0.214. The summed E-state index contributed by atoms with van der Waals surface area (Å²) < 4.78 is 27.2. The first-order chi connectivity index (χ1) is 8.90. The van der Waals surface area contributed by atoms with Crippen LogP contribution in [0.25, 0.3) is 0 Å². The Hall–Kier alpha value is -0.920. The average Bonchev–Trinajstić information content (AvgIpc) is 2.67. The van der Waals surface area contributed by atoms with Crippen LogP contribution in [0.1, 0.15) is 37.6 Å². The predicted octanol–water partition coefficient (Wildman–Crippen LogP) is 0.835. The number of hydrogen-bond acceptors (Lipinski definition) is 4. The fourth-order valence-corrected chi connectivity index (χ4v) is 4.07. The van der Waals surface area contributed by atoms with Gasteiger partial charge in [-0.15, -0.1) is 0 Å². The lowest BCUT2D eigenvalue weighted by Crippen LogP contribution is -2.47. The summed E-state index contributed by atoms with van der Waals surface area (Å²) >= 11 is 0. The van der Waals surface area contributed by atoms with Crippen LogP contribution in [0.15, 0.2) is 4.90 Å². The molecule has 108 valence electrons. The summed E-state index contributed by atoms with van der Waals surface area (Å²) in [6.07, 6.45) is 3.31. The zero-order valence-corrected chi connectivity index (χ0v) is 12.5. The molecule has 2 heterocycles. The number of rotatable bonds is 4. The molecule has 2 unspecified atom stereocenters. The summed E-state index contributed by atoms with van der Waals surface area (Å²) in [4.78, 5) is 0.274. The third kappa shape index (κ3) is 3.34. The number of aromatic amines is 1. The molecule has 1 fully saturated rings. The molecule has 0 spiro atoms. The van der Waals surface area contributed by atoms with Crippen molar-refractivity contribution in [3.05, 3.63) is 11.4 Å². The van der Waals surface area contributed by atoms with Crippen LogP contribution in [0, 0.1) is 13.8 Å². The number of piperidine rings is 1. The second-order valence-electron chi connectivity index (χ2n) is 5.31. The van der Waals surface area contributed by atoms with Crippen LogP contribution < -0.4 is 10.0 Å². The van der Waals surface area contributed by atoms with E-state index in [0.29, 0.717) is 24.0 Å². The molecule has 1 saturated heterocycles. The third-order valence-corrected chi connectivity index (χ3v) is 5.24. The topological polar surface area (TPSA) is 86.9 Å². The monoisotopic (exact) mass is 286 g/mol. The van der Waals surface area contributed by atoms with Gasteiger partial charge in [-0.05, 0) is 33.6 Å². The van der Waals surface area contributed by atoms with Crippen molar-refractivity contribution < 1.29 is 8.42 Å². The van der Waals surface area contributed by atoms with Gasteiger partial charge in [-0.25, -0.2) is 13.1 Å². The normalized spacial score (nSPS) is 24.6. The lowest BCUT2D eigenvalue weighted by atomic mass is 10.00. The molecule has 6 nitrogen and oxygen atoms in total. The first kappa shape index (κ1) is 14.5. The molecule has 0 aliphatic carbocycles. The van der Waals surface area contributed by atoms with Gasteiger partial charge in [-0.1, -0.05) is 6.42 Å². The second-order valence-corrected chi connectivity index (χ2v) is 7.01. The van der Waals surface area contributed by atoms with Crippen molar-refractivity contribution >= 4 is 10.0 Å². The molecule has 0 amide bonds. The van der Waals surface area contributed by atoms with Crippen molar-refractivity contribution in [3.8, 4) is 0 Å². The van der Waals surface area contributed by atoms with E-state index in [0.717, 1.165) is 19.3 Å². The Morgan fingerprint density at radius 3 is 2.68 bits per heavy atom. The van der Waals surface area contributed by atoms with Gasteiger partial charge < -0.3 is 5.32 Å². The molecular formula is C12H22N4O2S. The van der Waals surface area contributed by atoms with E-state index >= 15 is 0 Å². The Kier molecular flexibility index (Phi) is 4.27. The van der Waals surface area contributed by atoms with Gasteiger partial charge >= 0.3 is 0 Å². The summed E-state index contributed by atoms with van der Waals surface area (Å²) in [7, 11) is -3.48. The molecule has 1 aromatic heterocycles. The number of hydrogen-bond donors (Lipinski definition) is 3. The number of sulfonamides is 1. The zero-order valence-electron chi connectivity index (χ0n) is 11.7. The second kappa shape index (κ2) is 5.60. The van der Waals surface area contributed by atoms with E-state index in [-0.39, 0.29) is 10.9 Å². The number of nitrogens with one attached hydrogen (secondary N) is 3. The SMILES string of the molecule is Cc1n[nH]c(C)c1S(=O)(=O)NCC1CCCC(C)N1. The number of H-pyrrole nitrogens is 1. The maximum absolute atomic E-state index is 12.3. The fourth-order valence-electron chi connectivity index (χ4n) is 2.62. The van der Waals surface area contributed by atoms with Crippen molar-refractivity contribution in [1.29, 1.82) is 0 Å². The number of aryl methyl sites for hydroxylation is 2. The Bertz CT molecular complexity index is 518. The van der Waals surface area contributed by atoms with Crippen molar-refractivity contribution in [2.75, 3.05) is 6.54 Å². The molecule has 0 bridgehead atoms. The van der Waals surface area contributed by atoms with Crippen LogP contribution in [0.3, 0.4) is 0 Å². The Morgan fingerprint density at radius 2 is 2.11 bits per heavy atom. The van der Waals surface area contributed by atoms with Crippen molar-refractivity contribution in [2.24, 2.45) is 0 Å². The zero-order chi connectivity index (χ0) is 14.0. The van der Waals surface area contributed by atoms with Gasteiger partial charge in [0.25, 0.3) is 0 Å². The standard InChI is InChI=1S/C12H22N4O2S/c1-8-5-4-6-11(14-8)7-13-19(17,18)12-9(2)15-16-10(12)3/h8,11,13-14H,4-7H2,1-3H3,(H,15,16). The van der Waals surface area contributed by atoms with Crippen molar-refractivity contribution in [1.82, 2.24) is 20.2 Å². The molecule has 1 aromatic rings. The van der Waals surface area contributed by atoms with E-state index < -0.39 is 10.0 Å². The van der Waals surface area contributed by atoms with Crippen LogP contribution in [0.5, 0.6) is 0 Å². The Labute approximate surface area is 114 Å². The summed E-state index contributed by atoms with van der Waals surface area (Å²) in [5.41, 5.74) is 1.09. The molecule has 19 heavy (non-hydrogen) atoms. The first-order valence-corrected chi connectivity index (χ1v) is 8.15. The highest BCUT2D eigenvalue weighted by molar-refractivity contribution is 7.89. The first-order valence-electron chi connectivity index (χ1n) is 6.67. The summed E-state index contributed by atoms with van der Waals surface area (Å²) in [6, 6.07) is 0.673. The van der Waals surface area contributed by atoms with Gasteiger partial charge in [0.15, 0.2) is 0 Å². The van der Waals surface area contributed by atoms with E-state index in [2.05, 4.69) is 27.2 Å². The fraction of sp³-hybridized carbons (Fsp3) is 0.750. The molecule has 0 radical (unpaired) electrons. The van der Waals surface area contributed by atoms with E-state index in [9.17, 15) is 8.42 Å². The van der Waals surface area contributed by atoms with E-state index in [1.165, 1.54) is 0 Å². The molecule has 2 atom stereocenters. The van der Waals surface area contributed by atoms with Gasteiger partial charge in [-0.2, -0.15) is 5.10 Å². The number of nitrogens with zero attached hydrogens (tertiary/aromatic N) is 1. The minimum atomic E-state index is -3.48. The lowest BCUT2D eigenvalue weighted by molar-refractivity contribution is 0.334. The summed E-state index contributed by atoms with van der Waals surface area (Å²) in [6.45, 7) is 5.97. The molecule has 0 aromatic carbocycles. The van der Waals surface area contributed by atoms with E-state index in [1.807, 2.05) is 0 Å². The molecule has 0 saturated carbocycles. The van der Waals surface area contributed by atoms with Crippen LogP contribution in [0.4, 0.5) is 0 Å². The van der Waals surface area contributed by atoms with Crippen LogP contribution >= 0.6 is 0 Å². The molecule has 1 aliphatic rings. The third-order valence-electron chi connectivity index (χ3n) is 3.56. The minimum Gasteiger partial charge on any atom is -0.310 e. The predicted molar refractivity (Wildman–Crippen MR) is 73.5 cm³/mol. The molecule has 1 aliphatic heterocycles. The maximum Gasteiger partial charge on any atom is 0.244 e. The van der Waals surface area contributed by atoms with Crippen molar-refractivity contribution in [3.63, 3.8) is 0 Å². The van der Waals surface area contributed by atoms with Crippen LogP contribution in [0.2, 0.25) is 0 Å². The Morgan fingerprint density at radius 1 is 1.37 bits per heavy atom.